The minimum atomic E-state index is -0.881. The van der Waals surface area contributed by atoms with Crippen LogP contribution in [0.15, 0.2) is 0 Å². The molecule has 1 rings (SSSR count). The molecule has 2 atom stereocenters. The van der Waals surface area contributed by atoms with Crippen LogP contribution in [0.2, 0.25) is 0 Å². The topological polar surface area (TPSA) is 38.3 Å². The smallest absolute Gasteiger partial charge is 0.323 e. The van der Waals surface area contributed by atoms with E-state index in [1.165, 1.54) is 0 Å². The summed E-state index contributed by atoms with van der Waals surface area (Å²) in [6.07, 6.45) is -0.164. The van der Waals surface area contributed by atoms with Crippen molar-refractivity contribution in [3.05, 3.63) is 0 Å². The Hall–Kier alpha value is -0.640. The van der Waals surface area contributed by atoms with Crippen molar-refractivity contribution in [2.45, 2.75) is 51.4 Å². The predicted molar refractivity (Wildman–Crippen MR) is 51.8 cm³/mol. The average molecular weight is 203 g/mol. The minimum Gasteiger partial charge on any atom is -0.459 e. The molecule has 0 aliphatic carbocycles. The minimum absolute atomic E-state index is 0.231. The van der Waals surface area contributed by atoms with Crippen LogP contribution in [0, 0.1) is 0 Å². The Kier molecular flexibility index (Phi) is 3.48. The summed E-state index contributed by atoms with van der Waals surface area (Å²) < 4.78 is 18.1. The second kappa shape index (κ2) is 4.26. The Balaban J connectivity index is 2.44. The number of carbonyl (C=O) groups excluding carboxylic acids is 1. The summed E-state index contributed by atoms with van der Waals surface area (Å²) in [5, 5.41) is 2.96. The van der Waals surface area contributed by atoms with Gasteiger partial charge in [-0.3, -0.25) is 4.79 Å². The van der Waals surface area contributed by atoms with Crippen LogP contribution in [0.3, 0.4) is 0 Å². The van der Waals surface area contributed by atoms with E-state index < -0.39 is 17.8 Å². The van der Waals surface area contributed by atoms with Crippen LogP contribution in [0.25, 0.3) is 0 Å². The molecule has 4 heteroatoms. The van der Waals surface area contributed by atoms with Gasteiger partial charge in [0.15, 0.2) is 0 Å². The molecule has 14 heavy (non-hydrogen) atoms. The Labute approximate surface area is 84.0 Å². The lowest BCUT2D eigenvalue weighted by molar-refractivity contribution is -0.158. The Bertz CT molecular complexity index is 213. The lowest BCUT2D eigenvalue weighted by atomic mass is 10.0. The number of hydrogen-bond donors (Lipinski definition) is 1. The molecule has 0 bridgehead atoms. The van der Waals surface area contributed by atoms with Crippen LogP contribution in [0.5, 0.6) is 0 Å². The maximum absolute atomic E-state index is 13.0. The van der Waals surface area contributed by atoms with Crippen molar-refractivity contribution in [1.82, 2.24) is 5.32 Å². The van der Waals surface area contributed by atoms with E-state index in [0.29, 0.717) is 13.0 Å². The van der Waals surface area contributed by atoms with E-state index in [1.54, 1.807) is 20.8 Å². The summed E-state index contributed by atoms with van der Waals surface area (Å²) in [6, 6.07) is -0.474. The zero-order chi connectivity index (χ0) is 10.8. The third-order valence-corrected chi connectivity index (χ3v) is 2.03. The first-order chi connectivity index (χ1) is 6.38. The van der Waals surface area contributed by atoms with Crippen molar-refractivity contribution in [3.8, 4) is 0 Å². The second-order valence-corrected chi connectivity index (χ2v) is 4.66. The third-order valence-electron chi connectivity index (χ3n) is 2.03. The fourth-order valence-electron chi connectivity index (χ4n) is 1.42. The van der Waals surface area contributed by atoms with Crippen molar-refractivity contribution < 1.29 is 13.9 Å². The van der Waals surface area contributed by atoms with Crippen LogP contribution < -0.4 is 5.32 Å². The van der Waals surface area contributed by atoms with Crippen LogP contribution in [0.4, 0.5) is 4.39 Å². The number of halogens is 1. The number of piperidine rings is 1. The van der Waals surface area contributed by atoms with Crippen LogP contribution in [0.1, 0.15) is 33.6 Å². The molecule has 0 aromatic carbocycles. The van der Waals surface area contributed by atoms with E-state index in [2.05, 4.69) is 5.32 Å². The van der Waals surface area contributed by atoms with Gasteiger partial charge in [-0.1, -0.05) is 0 Å². The number of alkyl halides is 1. The van der Waals surface area contributed by atoms with Crippen LogP contribution in [-0.4, -0.2) is 30.3 Å². The van der Waals surface area contributed by atoms with Crippen molar-refractivity contribution in [1.29, 1.82) is 0 Å². The number of ether oxygens (including phenoxy) is 1. The second-order valence-electron chi connectivity index (χ2n) is 4.66. The van der Waals surface area contributed by atoms with Gasteiger partial charge in [-0.15, -0.1) is 0 Å². The first kappa shape index (κ1) is 11.4. The molecule has 0 amide bonds. The largest absolute Gasteiger partial charge is 0.459 e. The van der Waals surface area contributed by atoms with Gasteiger partial charge >= 0.3 is 5.97 Å². The Morgan fingerprint density at radius 1 is 1.50 bits per heavy atom. The standard InChI is InChI=1S/C10H18FNO2/c1-10(2,3)14-9(13)8-6-7(11)4-5-12-8/h7-8,12H,4-6H2,1-3H3. The highest BCUT2D eigenvalue weighted by Crippen LogP contribution is 2.16. The first-order valence-corrected chi connectivity index (χ1v) is 4.99. The molecule has 0 radical (unpaired) electrons. The molecule has 1 aliphatic heterocycles. The lowest BCUT2D eigenvalue weighted by Gasteiger charge is -2.28. The molecule has 3 nitrogen and oxygen atoms in total. The van der Waals surface area contributed by atoms with Crippen LogP contribution in [-0.2, 0) is 9.53 Å². The molecular formula is C10H18FNO2. The molecule has 1 fully saturated rings. The highest BCUT2D eigenvalue weighted by Gasteiger charge is 2.30. The normalized spacial score (nSPS) is 28.6. The van der Waals surface area contributed by atoms with Crippen LogP contribution >= 0.6 is 0 Å². The molecule has 0 spiro atoms. The molecule has 0 aromatic heterocycles. The van der Waals surface area contributed by atoms with Gasteiger partial charge in [0.25, 0.3) is 0 Å². The number of nitrogens with one attached hydrogen (secondary N) is 1. The van der Waals surface area contributed by atoms with Gasteiger partial charge in [0.1, 0.15) is 17.8 Å². The molecule has 1 N–H and O–H groups in total. The van der Waals surface area contributed by atoms with Gasteiger partial charge < -0.3 is 10.1 Å². The average Bonchev–Trinajstić information content (AvgIpc) is 2.01. The summed E-state index contributed by atoms with van der Waals surface area (Å²) in [5.74, 6) is -0.347. The molecule has 82 valence electrons. The molecule has 0 saturated carbocycles. The monoisotopic (exact) mass is 203 g/mol. The highest BCUT2D eigenvalue weighted by molar-refractivity contribution is 5.76. The summed E-state index contributed by atoms with van der Waals surface area (Å²) in [5.41, 5.74) is -0.498. The van der Waals surface area contributed by atoms with Gasteiger partial charge in [0.2, 0.25) is 0 Å². The SMILES string of the molecule is CC(C)(C)OC(=O)C1CC(F)CCN1. The third kappa shape index (κ3) is 3.62. The Morgan fingerprint density at radius 3 is 2.64 bits per heavy atom. The van der Waals surface area contributed by atoms with E-state index in [1.807, 2.05) is 0 Å². The zero-order valence-corrected chi connectivity index (χ0v) is 8.97. The number of rotatable bonds is 1. The summed E-state index contributed by atoms with van der Waals surface area (Å²) in [6.45, 7) is 5.97. The number of esters is 1. The Morgan fingerprint density at radius 2 is 2.14 bits per heavy atom. The fraction of sp³-hybridized carbons (Fsp3) is 0.900. The van der Waals surface area contributed by atoms with Crippen molar-refractivity contribution in [3.63, 3.8) is 0 Å². The molecule has 0 aromatic rings. The molecule has 1 heterocycles. The molecule has 1 aliphatic rings. The molecular weight excluding hydrogens is 185 g/mol. The van der Waals surface area contributed by atoms with E-state index >= 15 is 0 Å². The van der Waals surface area contributed by atoms with Gasteiger partial charge in [0.05, 0.1) is 0 Å². The fourth-order valence-corrected chi connectivity index (χ4v) is 1.42. The summed E-state index contributed by atoms with van der Waals surface area (Å²) in [4.78, 5) is 11.5. The number of carbonyl (C=O) groups is 1. The first-order valence-electron chi connectivity index (χ1n) is 4.99. The summed E-state index contributed by atoms with van der Waals surface area (Å²) in [7, 11) is 0. The predicted octanol–water partition coefficient (Wildman–Crippen LogP) is 1.42. The van der Waals surface area contributed by atoms with E-state index in [0.717, 1.165) is 0 Å². The van der Waals surface area contributed by atoms with E-state index in [9.17, 15) is 9.18 Å². The molecule has 2 unspecified atom stereocenters. The van der Waals surface area contributed by atoms with E-state index in [4.69, 9.17) is 4.74 Å². The maximum Gasteiger partial charge on any atom is 0.323 e. The van der Waals surface area contributed by atoms with Gasteiger partial charge in [0, 0.05) is 6.42 Å². The van der Waals surface area contributed by atoms with Gasteiger partial charge in [-0.25, -0.2) is 4.39 Å². The summed E-state index contributed by atoms with van der Waals surface area (Å²) >= 11 is 0. The van der Waals surface area contributed by atoms with E-state index in [-0.39, 0.29) is 12.4 Å². The van der Waals surface area contributed by atoms with Crippen molar-refractivity contribution >= 4 is 5.97 Å². The van der Waals surface area contributed by atoms with Gasteiger partial charge in [-0.2, -0.15) is 0 Å². The zero-order valence-electron chi connectivity index (χ0n) is 8.97. The lowest BCUT2D eigenvalue weighted by Crippen LogP contribution is -2.46. The quantitative estimate of drug-likeness (QED) is 0.655. The number of hydrogen-bond acceptors (Lipinski definition) is 3. The molecule has 1 saturated heterocycles. The van der Waals surface area contributed by atoms with Gasteiger partial charge in [-0.05, 0) is 33.7 Å². The highest BCUT2D eigenvalue weighted by atomic mass is 19.1. The maximum atomic E-state index is 13.0. The van der Waals surface area contributed by atoms with Crippen molar-refractivity contribution in [2.24, 2.45) is 0 Å². The van der Waals surface area contributed by atoms with Crippen molar-refractivity contribution in [2.75, 3.05) is 6.54 Å².